The van der Waals surface area contributed by atoms with Crippen molar-refractivity contribution in [2.45, 2.75) is 19.0 Å². The molecule has 1 aliphatic heterocycles. The molecule has 3 aromatic rings. The molecule has 0 radical (unpaired) electrons. The molecule has 0 spiro atoms. The number of rotatable bonds is 12. The van der Waals surface area contributed by atoms with Gasteiger partial charge < -0.3 is 19.8 Å². The SMILES string of the molecule is FC(F)c1nnc(-c2ccc(CNCCN(CCNc3ccccc3)C3COC3)cc2)o1.O=S. The lowest BCUT2D eigenvalue weighted by atomic mass is 10.1. The second-order valence-corrected chi connectivity index (χ2v) is 7.64. The number of anilines is 1. The molecule has 0 unspecified atom stereocenters. The average molecular weight is 492 g/mol. The van der Waals surface area contributed by atoms with Crippen molar-refractivity contribution in [2.24, 2.45) is 0 Å². The van der Waals surface area contributed by atoms with E-state index >= 15 is 0 Å². The Morgan fingerprint density at radius 2 is 1.71 bits per heavy atom. The van der Waals surface area contributed by atoms with Crippen LogP contribution in [0.4, 0.5) is 14.5 Å². The Labute approximate surface area is 202 Å². The van der Waals surface area contributed by atoms with Crippen LogP contribution >= 0.6 is 0 Å². The van der Waals surface area contributed by atoms with Crippen LogP contribution in [0.2, 0.25) is 0 Å². The third-order valence-corrected chi connectivity index (χ3v) is 5.37. The molecule has 0 amide bonds. The summed E-state index contributed by atoms with van der Waals surface area (Å²) in [5.74, 6) is -0.562. The first-order valence-corrected chi connectivity index (χ1v) is 11.2. The molecule has 1 fully saturated rings. The van der Waals surface area contributed by atoms with Crippen molar-refractivity contribution in [3.63, 3.8) is 0 Å². The second kappa shape index (κ2) is 13.8. The van der Waals surface area contributed by atoms with Gasteiger partial charge in [0.05, 0.1) is 19.3 Å². The minimum Gasteiger partial charge on any atom is -0.415 e. The number of nitrogens with one attached hydrogen (secondary N) is 2. The molecule has 1 saturated heterocycles. The van der Waals surface area contributed by atoms with E-state index in [1.165, 1.54) is 0 Å². The molecule has 0 atom stereocenters. The van der Waals surface area contributed by atoms with Crippen LogP contribution in [0.5, 0.6) is 0 Å². The molecular weight excluding hydrogens is 464 g/mol. The maximum atomic E-state index is 12.6. The van der Waals surface area contributed by atoms with Gasteiger partial charge >= 0.3 is 6.43 Å². The summed E-state index contributed by atoms with van der Waals surface area (Å²) < 4.78 is 43.4. The topological polar surface area (TPSA) is 92.5 Å². The van der Waals surface area contributed by atoms with Gasteiger partial charge in [0.1, 0.15) is 0 Å². The zero-order chi connectivity index (χ0) is 24.2. The Kier molecular flexibility index (Phi) is 10.4. The van der Waals surface area contributed by atoms with Crippen molar-refractivity contribution >= 4 is 18.2 Å². The lowest BCUT2D eigenvalue weighted by Crippen LogP contribution is -2.52. The zero-order valence-corrected chi connectivity index (χ0v) is 19.3. The summed E-state index contributed by atoms with van der Waals surface area (Å²) >= 11 is 2.83. The van der Waals surface area contributed by atoms with Crippen molar-refractivity contribution in [1.82, 2.24) is 20.4 Å². The predicted molar refractivity (Wildman–Crippen MR) is 126 cm³/mol. The summed E-state index contributed by atoms with van der Waals surface area (Å²) in [6.45, 7) is 5.90. The molecular formula is C23H27F2N5O3S. The lowest BCUT2D eigenvalue weighted by Gasteiger charge is -2.37. The van der Waals surface area contributed by atoms with Gasteiger partial charge in [-0.2, -0.15) is 13.0 Å². The summed E-state index contributed by atoms with van der Waals surface area (Å²) in [5.41, 5.74) is 2.84. The van der Waals surface area contributed by atoms with Crippen LogP contribution in [0.1, 0.15) is 17.9 Å². The molecule has 0 bridgehead atoms. The lowest BCUT2D eigenvalue weighted by molar-refractivity contribution is -0.0630. The number of hydrogen-bond acceptors (Lipinski definition) is 9. The largest absolute Gasteiger partial charge is 0.415 e. The molecule has 1 aliphatic rings. The van der Waals surface area contributed by atoms with E-state index in [4.69, 9.17) is 13.4 Å². The minimum atomic E-state index is -2.76. The monoisotopic (exact) mass is 491 g/mol. The van der Waals surface area contributed by atoms with Gasteiger partial charge in [-0.05, 0) is 29.8 Å². The number of ether oxygens (including phenoxy) is 1. The Morgan fingerprint density at radius 3 is 2.32 bits per heavy atom. The van der Waals surface area contributed by atoms with Crippen molar-refractivity contribution in [2.75, 3.05) is 44.7 Å². The highest BCUT2D eigenvalue weighted by molar-refractivity contribution is 7.44. The Morgan fingerprint density at radius 1 is 1.00 bits per heavy atom. The van der Waals surface area contributed by atoms with E-state index in [0.717, 1.165) is 50.6 Å². The van der Waals surface area contributed by atoms with Gasteiger partial charge in [0.2, 0.25) is 5.89 Å². The molecule has 34 heavy (non-hydrogen) atoms. The molecule has 0 saturated carbocycles. The van der Waals surface area contributed by atoms with Gasteiger partial charge in [-0.1, -0.05) is 30.3 Å². The van der Waals surface area contributed by atoms with Crippen molar-refractivity contribution in [3.05, 3.63) is 66.1 Å². The van der Waals surface area contributed by atoms with Crippen LogP contribution in [0.25, 0.3) is 11.5 Å². The van der Waals surface area contributed by atoms with Crippen LogP contribution in [-0.2, 0) is 23.8 Å². The van der Waals surface area contributed by atoms with E-state index in [-0.39, 0.29) is 5.89 Å². The Bertz CT molecular complexity index is 974. The number of hydrogen-bond donors (Lipinski definition) is 2. The zero-order valence-electron chi connectivity index (χ0n) is 18.5. The van der Waals surface area contributed by atoms with Gasteiger partial charge in [0.25, 0.3) is 5.89 Å². The molecule has 1 aromatic heterocycles. The fraction of sp³-hybridized carbons (Fsp3) is 0.391. The highest BCUT2D eigenvalue weighted by Crippen LogP contribution is 2.23. The van der Waals surface area contributed by atoms with Crippen LogP contribution in [0, 0.1) is 0 Å². The number of para-hydroxylation sites is 1. The summed E-state index contributed by atoms with van der Waals surface area (Å²) in [5, 5.41) is 14.0. The maximum absolute atomic E-state index is 12.6. The smallest absolute Gasteiger partial charge is 0.314 e. The van der Waals surface area contributed by atoms with Gasteiger partial charge in [-0.25, -0.2) is 0 Å². The molecule has 8 nitrogen and oxygen atoms in total. The Balaban J connectivity index is 0.00000158. The van der Waals surface area contributed by atoms with Gasteiger partial charge in [-0.3, -0.25) is 4.90 Å². The van der Waals surface area contributed by atoms with E-state index < -0.39 is 12.3 Å². The van der Waals surface area contributed by atoms with Crippen LogP contribution in [0.15, 0.2) is 59.0 Å². The third-order valence-electron chi connectivity index (χ3n) is 5.37. The minimum absolute atomic E-state index is 0.0993. The van der Waals surface area contributed by atoms with Crippen LogP contribution < -0.4 is 10.6 Å². The number of halogens is 2. The molecule has 182 valence electrons. The summed E-state index contributed by atoms with van der Waals surface area (Å²) in [4.78, 5) is 2.45. The molecule has 11 heteroatoms. The van der Waals surface area contributed by atoms with E-state index in [1.54, 1.807) is 12.1 Å². The highest BCUT2D eigenvalue weighted by atomic mass is 32.1. The quantitative estimate of drug-likeness (QED) is 0.371. The number of nitrogens with zero attached hydrogens (tertiary/aromatic N) is 3. The van der Waals surface area contributed by atoms with Crippen molar-refractivity contribution < 1.29 is 22.1 Å². The van der Waals surface area contributed by atoms with Crippen molar-refractivity contribution in [3.8, 4) is 11.5 Å². The van der Waals surface area contributed by atoms with E-state index in [0.29, 0.717) is 18.2 Å². The maximum Gasteiger partial charge on any atom is 0.314 e. The Hall–Kier alpha value is -2.86. The van der Waals surface area contributed by atoms with Gasteiger partial charge in [0, 0.05) is 44.0 Å². The van der Waals surface area contributed by atoms with Crippen LogP contribution in [0.3, 0.4) is 0 Å². The standard InChI is InChI=1S/C23H27F2N5O2.OS/c24-21(25)23-29-28-22(32-23)18-8-6-17(7-9-18)14-26-10-12-30(20-15-31-16-20)13-11-27-19-4-2-1-3-5-19;1-2/h1-9,20-21,26-27H,10-16H2;. The first kappa shape index (κ1) is 25.8. The van der Waals surface area contributed by atoms with Crippen LogP contribution in [-0.4, -0.2) is 64.7 Å². The second-order valence-electron chi connectivity index (χ2n) is 7.64. The molecule has 2 N–H and O–H groups in total. The van der Waals surface area contributed by atoms with E-state index in [1.807, 2.05) is 30.3 Å². The van der Waals surface area contributed by atoms with Gasteiger partial charge in [0.15, 0.2) is 12.5 Å². The summed E-state index contributed by atoms with van der Waals surface area (Å²) in [6, 6.07) is 18.1. The fourth-order valence-corrected chi connectivity index (χ4v) is 3.47. The molecule has 2 heterocycles. The number of aromatic nitrogens is 2. The molecule has 0 aliphatic carbocycles. The fourth-order valence-electron chi connectivity index (χ4n) is 3.47. The van der Waals surface area contributed by atoms with Crippen molar-refractivity contribution in [1.29, 1.82) is 0 Å². The summed E-state index contributed by atoms with van der Waals surface area (Å²) in [6.07, 6.45) is -2.76. The number of benzene rings is 2. The third kappa shape index (κ3) is 7.59. The number of alkyl halides is 2. The molecule has 2 aromatic carbocycles. The molecule has 4 rings (SSSR count). The van der Waals surface area contributed by atoms with E-state index in [9.17, 15) is 8.78 Å². The average Bonchev–Trinajstić information content (AvgIpc) is 3.34. The highest BCUT2D eigenvalue weighted by Gasteiger charge is 2.25. The first-order chi connectivity index (χ1) is 16.7. The first-order valence-electron chi connectivity index (χ1n) is 10.9. The van der Waals surface area contributed by atoms with E-state index in [2.05, 4.69) is 50.4 Å². The normalized spacial score (nSPS) is 13.4. The summed E-state index contributed by atoms with van der Waals surface area (Å²) in [7, 11) is 0. The predicted octanol–water partition coefficient (Wildman–Crippen LogP) is 3.24. The van der Waals surface area contributed by atoms with Gasteiger partial charge in [-0.15, -0.1) is 10.2 Å².